The van der Waals surface area contributed by atoms with Crippen molar-refractivity contribution in [3.05, 3.63) is 56.9 Å². The number of carboxylic acids is 1. The van der Waals surface area contributed by atoms with Crippen molar-refractivity contribution in [2.24, 2.45) is 0 Å². The van der Waals surface area contributed by atoms with Crippen molar-refractivity contribution in [1.82, 2.24) is 9.55 Å². The molecule has 11 heteroatoms. The Morgan fingerprint density at radius 2 is 2.10 bits per heavy atom. The molecular formula is C20H20ClN3O6Si. The predicted molar refractivity (Wildman–Crippen MR) is 116 cm³/mol. The van der Waals surface area contributed by atoms with Gasteiger partial charge in [0.25, 0.3) is 0 Å². The molecule has 0 aliphatic heterocycles. The summed E-state index contributed by atoms with van der Waals surface area (Å²) in [5, 5.41) is 20.7. The van der Waals surface area contributed by atoms with Gasteiger partial charge in [0.05, 0.1) is 27.4 Å². The number of aromatic nitrogens is 2. The highest BCUT2D eigenvalue weighted by molar-refractivity contribution is 6.33. The number of imidazole rings is 1. The van der Waals surface area contributed by atoms with Gasteiger partial charge >= 0.3 is 11.7 Å². The Bertz CT molecular complexity index is 1130. The van der Waals surface area contributed by atoms with Gasteiger partial charge in [-0.25, -0.2) is 4.98 Å². The number of aryl methyl sites for hydroxylation is 1. The van der Waals surface area contributed by atoms with E-state index in [4.69, 9.17) is 26.2 Å². The monoisotopic (exact) mass is 461 g/mol. The van der Waals surface area contributed by atoms with Gasteiger partial charge in [-0.1, -0.05) is 24.2 Å². The SMILES string of the molecule is C[Si]CCOCn1c(C)nc2cc([N+](=O)[O-])c(Oc3ccc(CC(=O)O)cc3Cl)cc21. The number of rotatable bonds is 10. The molecule has 0 atom stereocenters. The minimum Gasteiger partial charge on any atom is -0.481 e. The molecule has 31 heavy (non-hydrogen) atoms. The lowest BCUT2D eigenvalue weighted by Gasteiger charge is -2.11. The Morgan fingerprint density at radius 3 is 2.74 bits per heavy atom. The zero-order valence-electron chi connectivity index (χ0n) is 16.9. The molecule has 1 heterocycles. The van der Waals surface area contributed by atoms with Gasteiger partial charge in [0, 0.05) is 28.3 Å². The summed E-state index contributed by atoms with van der Waals surface area (Å²) in [7, 11) is 0.795. The van der Waals surface area contributed by atoms with E-state index in [1.165, 1.54) is 18.2 Å². The Morgan fingerprint density at radius 1 is 1.32 bits per heavy atom. The number of fused-ring (bicyclic) bond motifs is 1. The van der Waals surface area contributed by atoms with Crippen LogP contribution in [0.1, 0.15) is 11.4 Å². The van der Waals surface area contributed by atoms with Crippen molar-refractivity contribution in [2.75, 3.05) is 6.61 Å². The lowest BCUT2D eigenvalue weighted by Crippen LogP contribution is -2.06. The van der Waals surface area contributed by atoms with E-state index in [9.17, 15) is 14.9 Å². The molecule has 162 valence electrons. The summed E-state index contributed by atoms with van der Waals surface area (Å²) in [6, 6.07) is 8.37. The summed E-state index contributed by atoms with van der Waals surface area (Å²) >= 11 is 6.22. The molecule has 0 spiro atoms. The first-order valence-corrected chi connectivity index (χ1v) is 11.4. The first kappa shape index (κ1) is 22.7. The number of carbonyl (C=O) groups is 1. The summed E-state index contributed by atoms with van der Waals surface area (Å²) in [4.78, 5) is 26.4. The normalized spacial score (nSPS) is 11.1. The topological polar surface area (TPSA) is 117 Å². The van der Waals surface area contributed by atoms with Crippen molar-refractivity contribution in [3.8, 4) is 11.5 Å². The summed E-state index contributed by atoms with van der Waals surface area (Å²) in [5.41, 5.74) is 1.33. The third-order valence-electron chi connectivity index (χ3n) is 4.50. The Hall–Kier alpha value is -2.95. The molecule has 3 aromatic rings. The third-order valence-corrected chi connectivity index (χ3v) is 5.50. The van der Waals surface area contributed by atoms with Gasteiger partial charge in [0.2, 0.25) is 5.75 Å². The molecule has 1 N–H and O–H groups in total. The Kier molecular flexibility index (Phi) is 7.26. The maximum absolute atomic E-state index is 11.6. The fourth-order valence-corrected chi connectivity index (χ4v) is 3.60. The van der Waals surface area contributed by atoms with E-state index in [1.807, 2.05) is 4.57 Å². The molecule has 2 radical (unpaired) electrons. The standard InChI is InChI=1S/C20H20ClN3O6Si/c1-12-22-15-9-17(24(27)28)19(10-16(15)23(12)11-29-5-6-31-2)30-18-4-3-13(7-14(18)21)8-20(25)26/h3-4,7,9-10H,5-6,8,11H2,1-2H3,(H,25,26). The van der Waals surface area contributed by atoms with Crippen molar-refractivity contribution in [1.29, 1.82) is 0 Å². The number of aliphatic carboxylic acids is 1. The van der Waals surface area contributed by atoms with Gasteiger partial charge in [-0.05, 0) is 30.7 Å². The van der Waals surface area contributed by atoms with E-state index in [1.54, 1.807) is 19.1 Å². The highest BCUT2D eigenvalue weighted by atomic mass is 35.5. The second-order valence-corrected chi connectivity index (χ2v) is 8.35. The van der Waals surface area contributed by atoms with Crippen LogP contribution in [-0.4, -0.2) is 41.7 Å². The molecule has 1 aromatic heterocycles. The second kappa shape index (κ2) is 9.90. The summed E-state index contributed by atoms with van der Waals surface area (Å²) in [6.45, 7) is 4.79. The van der Waals surface area contributed by atoms with Crippen LogP contribution in [0.3, 0.4) is 0 Å². The van der Waals surface area contributed by atoms with Gasteiger partial charge in [-0.3, -0.25) is 14.9 Å². The molecule has 0 bridgehead atoms. The van der Waals surface area contributed by atoms with Crippen LogP contribution >= 0.6 is 11.6 Å². The quantitative estimate of drug-likeness (QED) is 0.205. The van der Waals surface area contributed by atoms with E-state index in [0.717, 1.165) is 15.6 Å². The first-order chi connectivity index (χ1) is 14.8. The van der Waals surface area contributed by atoms with E-state index in [2.05, 4.69) is 11.5 Å². The van der Waals surface area contributed by atoms with Crippen molar-refractivity contribution in [2.45, 2.75) is 32.7 Å². The lowest BCUT2D eigenvalue weighted by atomic mass is 10.1. The fraction of sp³-hybridized carbons (Fsp3) is 0.300. The highest BCUT2D eigenvalue weighted by Crippen LogP contribution is 2.38. The van der Waals surface area contributed by atoms with Crippen molar-refractivity contribution in [3.63, 3.8) is 0 Å². The number of nitro benzene ring substituents is 1. The second-order valence-electron chi connectivity index (χ2n) is 6.73. The molecule has 0 unspecified atom stereocenters. The van der Waals surface area contributed by atoms with Crippen LogP contribution in [0.4, 0.5) is 5.69 Å². The van der Waals surface area contributed by atoms with Crippen LogP contribution in [0, 0.1) is 17.0 Å². The molecule has 0 fully saturated rings. The maximum atomic E-state index is 11.6. The van der Waals surface area contributed by atoms with Crippen LogP contribution in [0.25, 0.3) is 11.0 Å². The molecule has 0 amide bonds. The van der Waals surface area contributed by atoms with Gasteiger partial charge in [-0.15, -0.1) is 0 Å². The molecule has 0 aliphatic carbocycles. The van der Waals surface area contributed by atoms with Crippen LogP contribution in [0.5, 0.6) is 11.5 Å². The average molecular weight is 462 g/mol. The number of hydrogen-bond donors (Lipinski definition) is 1. The predicted octanol–water partition coefficient (Wildman–Crippen LogP) is 4.47. The van der Waals surface area contributed by atoms with E-state index < -0.39 is 10.9 Å². The van der Waals surface area contributed by atoms with Crippen LogP contribution in [0.15, 0.2) is 30.3 Å². The van der Waals surface area contributed by atoms with Gasteiger partial charge in [0.1, 0.15) is 18.3 Å². The van der Waals surface area contributed by atoms with Crippen LogP contribution < -0.4 is 4.74 Å². The number of halogens is 1. The Balaban J connectivity index is 1.97. The molecule has 9 nitrogen and oxygen atoms in total. The largest absolute Gasteiger partial charge is 0.481 e. The van der Waals surface area contributed by atoms with Gasteiger partial charge in [-0.2, -0.15) is 0 Å². The van der Waals surface area contributed by atoms with E-state index >= 15 is 0 Å². The molecule has 0 saturated carbocycles. The third kappa shape index (κ3) is 5.40. The van der Waals surface area contributed by atoms with Gasteiger partial charge < -0.3 is 19.1 Å². The van der Waals surface area contributed by atoms with Crippen LogP contribution in [-0.2, 0) is 22.7 Å². The maximum Gasteiger partial charge on any atom is 0.313 e. The highest BCUT2D eigenvalue weighted by Gasteiger charge is 2.22. The van der Waals surface area contributed by atoms with E-state index in [0.29, 0.717) is 29.0 Å². The van der Waals surface area contributed by atoms with Crippen molar-refractivity contribution < 1.29 is 24.3 Å². The van der Waals surface area contributed by atoms with E-state index in [-0.39, 0.29) is 35.4 Å². The number of benzene rings is 2. The number of nitro groups is 1. The zero-order valence-corrected chi connectivity index (χ0v) is 18.7. The number of ether oxygens (including phenoxy) is 2. The van der Waals surface area contributed by atoms with Crippen molar-refractivity contribution >= 4 is 43.8 Å². The molecule has 2 aromatic carbocycles. The first-order valence-electron chi connectivity index (χ1n) is 9.36. The zero-order chi connectivity index (χ0) is 22.5. The fourth-order valence-electron chi connectivity index (χ4n) is 3.01. The van der Waals surface area contributed by atoms with Crippen LogP contribution in [0.2, 0.25) is 17.6 Å². The summed E-state index contributed by atoms with van der Waals surface area (Å²) in [6.07, 6.45) is -0.191. The molecular weight excluding hydrogens is 442 g/mol. The molecule has 0 aliphatic rings. The number of hydrogen-bond acceptors (Lipinski definition) is 6. The number of carboxylic acid groups (broad SMARTS) is 1. The van der Waals surface area contributed by atoms with Gasteiger partial charge in [0.15, 0.2) is 0 Å². The molecule has 0 saturated heterocycles. The summed E-state index contributed by atoms with van der Waals surface area (Å²) in [5.74, 6) is -0.143. The lowest BCUT2D eigenvalue weighted by molar-refractivity contribution is -0.385. The Labute approximate surface area is 185 Å². The number of nitrogens with zero attached hydrogens (tertiary/aromatic N) is 3. The summed E-state index contributed by atoms with van der Waals surface area (Å²) < 4.78 is 13.3. The minimum atomic E-state index is -0.990. The minimum absolute atomic E-state index is 0.00146. The smallest absolute Gasteiger partial charge is 0.313 e. The molecule has 3 rings (SSSR count). The average Bonchev–Trinajstić information content (AvgIpc) is 3.00.